The highest BCUT2D eigenvalue weighted by molar-refractivity contribution is 5.90. The van der Waals surface area contributed by atoms with Gasteiger partial charge in [-0.05, 0) is 56.0 Å². The summed E-state index contributed by atoms with van der Waals surface area (Å²) in [7, 11) is 1.40. The number of nitrogens with one attached hydrogen (secondary N) is 1. The first-order valence-corrected chi connectivity index (χ1v) is 6.81. The molecule has 1 aromatic rings. The van der Waals surface area contributed by atoms with Gasteiger partial charge >= 0.3 is 5.97 Å². The van der Waals surface area contributed by atoms with Crippen LogP contribution in [0.3, 0.4) is 0 Å². The largest absolute Gasteiger partial charge is 0.465 e. The summed E-state index contributed by atoms with van der Waals surface area (Å²) in [6, 6.07) is 6.06. The van der Waals surface area contributed by atoms with Crippen molar-refractivity contribution in [3.63, 3.8) is 0 Å². The molecule has 0 spiro atoms. The van der Waals surface area contributed by atoms with Crippen LogP contribution in [0.4, 0.5) is 5.69 Å². The van der Waals surface area contributed by atoms with Gasteiger partial charge in [-0.2, -0.15) is 0 Å². The number of benzene rings is 1. The topological polar surface area (TPSA) is 64.3 Å². The van der Waals surface area contributed by atoms with Gasteiger partial charge in [-0.3, -0.25) is 0 Å². The van der Waals surface area contributed by atoms with Crippen LogP contribution in [-0.2, 0) is 4.74 Å². The van der Waals surface area contributed by atoms with Crippen LogP contribution in [0, 0.1) is 12.8 Å². The van der Waals surface area contributed by atoms with Crippen molar-refractivity contribution in [2.45, 2.75) is 32.2 Å². The molecule has 104 valence electrons. The van der Waals surface area contributed by atoms with Crippen molar-refractivity contribution in [2.24, 2.45) is 11.7 Å². The van der Waals surface area contributed by atoms with Gasteiger partial charge < -0.3 is 15.8 Å². The highest BCUT2D eigenvalue weighted by Crippen LogP contribution is 2.29. The van der Waals surface area contributed by atoms with Crippen molar-refractivity contribution in [2.75, 3.05) is 19.0 Å². The quantitative estimate of drug-likeness (QED) is 0.817. The second kappa shape index (κ2) is 6.06. The molecule has 0 saturated heterocycles. The van der Waals surface area contributed by atoms with E-state index in [1.165, 1.54) is 26.4 Å². The Hall–Kier alpha value is -1.55. The van der Waals surface area contributed by atoms with E-state index in [-0.39, 0.29) is 5.97 Å². The lowest BCUT2D eigenvalue weighted by molar-refractivity contribution is 0.0600. The van der Waals surface area contributed by atoms with E-state index in [0.29, 0.717) is 17.5 Å². The Morgan fingerprint density at radius 2 is 2.26 bits per heavy atom. The maximum absolute atomic E-state index is 11.5. The fourth-order valence-corrected chi connectivity index (χ4v) is 2.78. The summed E-state index contributed by atoms with van der Waals surface area (Å²) >= 11 is 0. The number of carbonyl (C=O) groups excluding carboxylic acids is 1. The Balaban J connectivity index is 2.11. The van der Waals surface area contributed by atoms with Crippen molar-refractivity contribution in [1.29, 1.82) is 0 Å². The molecule has 2 rings (SSSR count). The minimum Gasteiger partial charge on any atom is -0.465 e. The van der Waals surface area contributed by atoms with E-state index in [1.807, 2.05) is 19.1 Å². The molecule has 0 heterocycles. The Bertz CT molecular complexity index is 459. The van der Waals surface area contributed by atoms with Gasteiger partial charge in [0.25, 0.3) is 0 Å². The van der Waals surface area contributed by atoms with E-state index in [4.69, 9.17) is 10.5 Å². The number of aryl methyl sites for hydroxylation is 1. The van der Waals surface area contributed by atoms with Gasteiger partial charge in [0.1, 0.15) is 0 Å². The van der Waals surface area contributed by atoms with Crippen LogP contribution in [0.2, 0.25) is 0 Å². The average Bonchev–Trinajstić information content (AvgIpc) is 2.87. The Morgan fingerprint density at radius 3 is 2.89 bits per heavy atom. The SMILES string of the molecule is COC(=O)c1ccc(NC2CCCC2CN)c(C)c1. The molecule has 2 unspecified atom stereocenters. The van der Waals surface area contributed by atoms with E-state index in [1.54, 1.807) is 6.07 Å². The molecule has 1 aliphatic carbocycles. The molecule has 1 saturated carbocycles. The van der Waals surface area contributed by atoms with E-state index in [2.05, 4.69) is 5.32 Å². The van der Waals surface area contributed by atoms with Gasteiger partial charge in [-0.1, -0.05) is 6.42 Å². The number of rotatable bonds is 4. The molecule has 1 aliphatic rings. The first-order chi connectivity index (χ1) is 9.15. The number of methoxy groups -OCH3 is 1. The fourth-order valence-electron chi connectivity index (χ4n) is 2.78. The van der Waals surface area contributed by atoms with Crippen LogP contribution in [0.1, 0.15) is 35.2 Å². The highest BCUT2D eigenvalue weighted by atomic mass is 16.5. The lowest BCUT2D eigenvalue weighted by Crippen LogP contribution is -2.29. The molecule has 0 amide bonds. The first-order valence-electron chi connectivity index (χ1n) is 6.81. The van der Waals surface area contributed by atoms with Crippen LogP contribution in [-0.4, -0.2) is 25.7 Å². The standard InChI is InChI=1S/C15H22N2O2/c1-10-8-11(15(18)19-2)6-7-13(10)17-14-5-3-4-12(14)9-16/h6-8,12,14,17H,3-5,9,16H2,1-2H3. The predicted octanol–water partition coefficient (Wildman–Crippen LogP) is 2.32. The van der Waals surface area contributed by atoms with Gasteiger partial charge in [0.2, 0.25) is 0 Å². The molecular weight excluding hydrogens is 240 g/mol. The molecule has 0 radical (unpaired) electrons. The lowest BCUT2D eigenvalue weighted by Gasteiger charge is -2.22. The minimum absolute atomic E-state index is 0.296. The molecule has 3 N–H and O–H groups in total. The van der Waals surface area contributed by atoms with Crippen LogP contribution in [0.5, 0.6) is 0 Å². The molecule has 1 aromatic carbocycles. The number of ether oxygens (including phenoxy) is 1. The van der Waals surface area contributed by atoms with Crippen molar-refractivity contribution in [1.82, 2.24) is 0 Å². The molecule has 4 heteroatoms. The van der Waals surface area contributed by atoms with Gasteiger partial charge in [0.15, 0.2) is 0 Å². The van der Waals surface area contributed by atoms with Gasteiger partial charge in [0.05, 0.1) is 12.7 Å². The van der Waals surface area contributed by atoms with Crippen LogP contribution in [0.25, 0.3) is 0 Å². The third kappa shape index (κ3) is 3.07. The van der Waals surface area contributed by atoms with Crippen molar-refractivity contribution >= 4 is 11.7 Å². The van der Waals surface area contributed by atoms with Crippen LogP contribution < -0.4 is 11.1 Å². The Kier molecular flexibility index (Phi) is 4.43. The number of hydrogen-bond donors (Lipinski definition) is 2. The van der Waals surface area contributed by atoms with Crippen molar-refractivity contribution in [3.05, 3.63) is 29.3 Å². The van der Waals surface area contributed by atoms with Gasteiger partial charge in [-0.25, -0.2) is 4.79 Å². The number of esters is 1. The van der Waals surface area contributed by atoms with Gasteiger partial charge in [-0.15, -0.1) is 0 Å². The van der Waals surface area contributed by atoms with Crippen LogP contribution >= 0.6 is 0 Å². The Labute approximate surface area is 114 Å². The summed E-state index contributed by atoms with van der Waals surface area (Å²) < 4.78 is 4.72. The number of nitrogens with two attached hydrogens (primary N) is 1. The first kappa shape index (κ1) is 13.9. The summed E-state index contributed by atoms with van der Waals surface area (Å²) in [6.45, 7) is 2.73. The molecular formula is C15H22N2O2. The predicted molar refractivity (Wildman–Crippen MR) is 76.3 cm³/mol. The monoisotopic (exact) mass is 262 g/mol. The lowest BCUT2D eigenvalue weighted by atomic mass is 10.0. The minimum atomic E-state index is -0.296. The molecule has 19 heavy (non-hydrogen) atoms. The van der Waals surface area contributed by atoms with Crippen molar-refractivity contribution in [3.8, 4) is 0 Å². The number of carbonyl (C=O) groups is 1. The van der Waals surface area contributed by atoms with Crippen molar-refractivity contribution < 1.29 is 9.53 Å². The third-order valence-electron chi connectivity index (χ3n) is 3.95. The zero-order chi connectivity index (χ0) is 13.8. The fraction of sp³-hybridized carbons (Fsp3) is 0.533. The average molecular weight is 262 g/mol. The van der Waals surface area contributed by atoms with E-state index in [0.717, 1.165) is 17.8 Å². The number of hydrogen-bond acceptors (Lipinski definition) is 4. The summed E-state index contributed by atoms with van der Waals surface area (Å²) in [5.41, 5.74) is 8.53. The molecule has 4 nitrogen and oxygen atoms in total. The number of anilines is 1. The summed E-state index contributed by atoms with van der Waals surface area (Å²) in [5, 5.41) is 3.56. The second-order valence-electron chi connectivity index (χ2n) is 5.20. The molecule has 0 aliphatic heterocycles. The smallest absolute Gasteiger partial charge is 0.337 e. The van der Waals surface area contributed by atoms with E-state index >= 15 is 0 Å². The normalized spacial score (nSPS) is 22.3. The second-order valence-corrected chi connectivity index (χ2v) is 5.20. The maximum Gasteiger partial charge on any atom is 0.337 e. The zero-order valence-electron chi connectivity index (χ0n) is 11.6. The molecule has 0 bridgehead atoms. The third-order valence-corrected chi connectivity index (χ3v) is 3.95. The zero-order valence-corrected chi connectivity index (χ0v) is 11.6. The Morgan fingerprint density at radius 1 is 1.47 bits per heavy atom. The van der Waals surface area contributed by atoms with E-state index < -0.39 is 0 Å². The maximum atomic E-state index is 11.5. The summed E-state index contributed by atoms with van der Waals surface area (Å²) in [4.78, 5) is 11.5. The summed E-state index contributed by atoms with van der Waals surface area (Å²) in [6.07, 6.45) is 3.60. The van der Waals surface area contributed by atoms with Crippen LogP contribution in [0.15, 0.2) is 18.2 Å². The van der Waals surface area contributed by atoms with Gasteiger partial charge in [0, 0.05) is 11.7 Å². The molecule has 2 atom stereocenters. The molecule has 0 aromatic heterocycles. The highest BCUT2D eigenvalue weighted by Gasteiger charge is 2.26. The van der Waals surface area contributed by atoms with E-state index in [9.17, 15) is 4.79 Å². The summed E-state index contributed by atoms with van der Waals surface area (Å²) in [5.74, 6) is 0.259. The molecule has 1 fully saturated rings.